The van der Waals surface area contributed by atoms with Crippen molar-refractivity contribution in [2.45, 2.75) is 26.4 Å². The fourth-order valence-electron chi connectivity index (χ4n) is 1.64. The Hall–Kier alpha value is -1.30. The molecule has 1 unspecified atom stereocenters. The molecule has 0 radical (unpaired) electrons. The second-order valence-electron chi connectivity index (χ2n) is 4.26. The molecule has 19 heavy (non-hydrogen) atoms. The molecule has 1 aromatic carbocycles. The summed E-state index contributed by atoms with van der Waals surface area (Å²) in [5.74, 6) is 0.260. The standard InChI is InChI=1S/C13H16F3NOS/c1-3-18-11-5-4-10(13(14,15)16)7-9(11)6-8(2)12(17)19/h4-5,7-8H,3,6H2,1-2H3,(H2,17,19). The van der Waals surface area contributed by atoms with Crippen LogP contribution in [0.2, 0.25) is 0 Å². The van der Waals surface area contributed by atoms with E-state index in [0.29, 0.717) is 24.3 Å². The maximum atomic E-state index is 12.7. The maximum Gasteiger partial charge on any atom is 0.416 e. The maximum absolute atomic E-state index is 12.7. The van der Waals surface area contributed by atoms with Crippen LogP contribution in [0, 0.1) is 5.92 Å². The van der Waals surface area contributed by atoms with Gasteiger partial charge in [-0.15, -0.1) is 0 Å². The molecule has 0 bridgehead atoms. The van der Waals surface area contributed by atoms with Crippen LogP contribution in [0.5, 0.6) is 5.75 Å². The van der Waals surface area contributed by atoms with Gasteiger partial charge in [-0.1, -0.05) is 19.1 Å². The van der Waals surface area contributed by atoms with Gasteiger partial charge in [0.25, 0.3) is 0 Å². The van der Waals surface area contributed by atoms with Gasteiger partial charge in [-0.3, -0.25) is 0 Å². The molecule has 1 rings (SSSR count). The summed E-state index contributed by atoms with van der Waals surface area (Å²) in [4.78, 5) is 0.278. The summed E-state index contributed by atoms with van der Waals surface area (Å²) >= 11 is 4.85. The average molecular weight is 291 g/mol. The summed E-state index contributed by atoms with van der Waals surface area (Å²) in [5.41, 5.74) is 5.28. The van der Waals surface area contributed by atoms with Crippen LogP contribution in [0.15, 0.2) is 18.2 Å². The first-order valence-corrected chi connectivity index (χ1v) is 6.28. The van der Waals surface area contributed by atoms with E-state index in [2.05, 4.69) is 0 Å². The molecule has 0 aromatic heterocycles. The van der Waals surface area contributed by atoms with Crippen molar-refractivity contribution < 1.29 is 17.9 Å². The lowest BCUT2D eigenvalue weighted by atomic mass is 9.98. The first-order valence-electron chi connectivity index (χ1n) is 5.88. The number of ether oxygens (including phenoxy) is 1. The highest BCUT2D eigenvalue weighted by Crippen LogP contribution is 2.33. The normalized spacial score (nSPS) is 13.1. The number of thiocarbonyl (C=S) groups is 1. The Bertz CT molecular complexity index is 460. The molecule has 106 valence electrons. The lowest BCUT2D eigenvalue weighted by molar-refractivity contribution is -0.137. The molecule has 0 spiro atoms. The Morgan fingerprint density at radius 1 is 1.42 bits per heavy atom. The zero-order chi connectivity index (χ0) is 14.6. The molecule has 0 amide bonds. The van der Waals surface area contributed by atoms with E-state index in [1.165, 1.54) is 6.07 Å². The van der Waals surface area contributed by atoms with Crippen molar-refractivity contribution in [3.63, 3.8) is 0 Å². The van der Waals surface area contributed by atoms with E-state index < -0.39 is 11.7 Å². The minimum Gasteiger partial charge on any atom is -0.494 e. The van der Waals surface area contributed by atoms with Gasteiger partial charge in [0.15, 0.2) is 0 Å². The SMILES string of the molecule is CCOc1ccc(C(F)(F)F)cc1CC(C)C(N)=S. The molecule has 2 nitrogen and oxygen atoms in total. The van der Waals surface area contributed by atoms with Gasteiger partial charge < -0.3 is 10.5 Å². The first-order chi connectivity index (χ1) is 8.75. The first kappa shape index (κ1) is 15.8. The van der Waals surface area contributed by atoms with Crippen LogP contribution in [-0.4, -0.2) is 11.6 Å². The number of hydrogen-bond acceptors (Lipinski definition) is 2. The van der Waals surface area contributed by atoms with Crippen LogP contribution < -0.4 is 10.5 Å². The largest absolute Gasteiger partial charge is 0.494 e. The molecule has 2 N–H and O–H groups in total. The fraction of sp³-hybridized carbons (Fsp3) is 0.462. The molecule has 0 aliphatic carbocycles. The van der Waals surface area contributed by atoms with Crippen LogP contribution in [0.25, 0.3) is 0 Å². The van der Waals surface area contributed by atoms with Gasteiger partial charge in [0.1, 0.15) is 5.75 Å². The van der Waals surface area contributed by atoms with Crippen molar-refractivity contribution in [1.82, 2.24) is 0 Å². The van der Waals surface area contributed by atoms with Crippen LogP contribution >= 0.6 is 12.2 Å². The van der Waals surface area contributed by atoms with E-state index in [0.717, 1.165) is 12.1 Å². The quantitative estimate of drug-likeness (QED) is 0.842. The molecule has 1 aromatic rings. The smallest absolute Gasteiger partial charge is 0.416 e. The summed E-state index contributed by atoms with van der Waals surface area (Å²) in [5, 5.41) is 0. The van der Waals surface area contributed by atoms with Crippen molar-refractivity contribution in [3.05, 3.63) is 29.3 Å². The summed E-state index contributed by atoms with van der Waals surface area (Å²) in [6.07, 6.45) is -4.04. The van der Waals surface area contributed by atoms with E-state index >= 15 is 0 Å². The summed E-state index contributed by atoms with van der Waals surface area (Å²) in [7, 11) is 0. The Labute approximate surface area is 115 Å². The Kier molecular flexibility index (Phi) is 5.17. The summed E-state index contributed by atoms with van der Waals surface area (Å²) in [6.45, 7) is 3.94. The van der Waals surface area contributed by atoms with E-state index in [9.17, 15) is 13.2 Å². The van der Waals surface area contributed by atoms with Gasteiger partial charge in [-0.05, 0) is 37.1 Å². The Morgan fingerprint density at radius 3 is 2.53 bits per heavy atom. The molecule has 6 heteroatoms. The van der Waals surface area contributed by atoms with E-state index in [-0.39, 0.29) is 10.9 Å². The molecule has 0 fully saturated rings. The summed E-state index contributed by atoms with van der Waals surface area (Å²) < 4.78 is 43.4. The molecular formula is C13H16F3NOS. The average Bonchev–Trinajstić information content (AvgIpc) is 2.30. The fourth-order valence-corrected chi connectivity index (χ4v) is 1.73. The zero-order valence-electron chi connectivity index (χ0n) is 10.8. The monoisotopic (exact) mass is 291 g/mol. The highest BCUT2D eigenvalue weighted by molar-refractivity contribution is 7.80. The van der Waals surface area contributed by atoms with Gasteiger partial charge in [-0.25, -0.2) is 0 Å². The molecule has 1 atom stereocenters. The minimum atomic E-state index is -4.37. The number of benzene rings is 1. The van der Waals surface area contributed by atoms with Gasteiger partial charge in [0.2, 0.25) is 0 Å². The van der Waals surface area contributed by atoms with Gasteiger partial charge in [0.05, 0.1) is 17.2 Å². The Morgan fingerprint density at radius 2 is 2.05 bits per heavy atom. The molecule has 0 aliphatic heterocycles. The predicted molar refractivity (Wildman–Crippen MR) is 72.3 cm³/mol. The minimum absolute atomic E-state index is 0.183. The predicted octanol–water partition coefficient (Wildman–Crippen LogP) is 3.57. The summed E-state index contributed by atoms with van der Waals surface area (Å²) in [6, 6.07) is 3.45. The molecule has 0 saturated heterocycles. The number of nitrogens with two attached hydrogens (primary N) is 1. The van der Waals surface area contributed by atoms with Crippen molar-refractivity contribution in [2.24, 2.45) is 11.7 Å². The third kappa shape index (κ3) is 4.38. The van der Waals surface area contributed by atoms with Gasteiger partial charge in [-0.2, -0.15) is 13.2 Å². The number of alkyl halides is 3. The van der Waals surface area contributed by atoms with Gasteiger partial charge in [0, 0.05) is 5.92 Å². The highest BCUT2D eigenvalue weighted by Gasteiger charge is 2.31. The van der Waals surface area contributed by atoms with Crippen LogP contribution in [0.4, 0.5) is 13.2 Å². The third-order valence-corrected chi connectivity index (χ3v) is 3.10. The number of hydrogen-bond donors (Lipinski definition) is 1. The topological polar surface area (TPSA) is 35.2 Å². The van der Waals surface area contributed by atoms with Crippen LogP contribution in [0.1, 0.15) is 25.0 Å². The lowest BCUT2D eigenvalue weighted by Gasteiger charge is -2.16. The van der Waals surface area contributed by atoms with Crippen LogP contribution in [0.3, 0.4) is 0 Å². The molecule has 0 saturated carbocycles. The van der Waals surface area contributed by atoms with Gasteiger partial charge >= 0.3 is 6.18 Å². The van der Waals surface area contributed by atoms with E-state index in [1.807, 2.05) is 0 Å². The molecule has 0 aliphatic rings. The second kappa shape index (κ2) is 6.23. The van der Waals surface area contributed by atoms with E-state index in [4.69, 9.17) is 22.7 Å². The van der Waals surface area contributed by atoms with Crippen LogP contribution in [-0.2, 0) is 12.6 Å². The molecular weight excluding hydrogens is 275 g/mol. The second-order valence-corrected chi connectivity index (χ2v) is 4.73. The Balaban J connectivity index is 3.12. The lowest BCUT2D eigenvalue weighted by Crippen LogP contribution is -2.20. The van der Waals surface area contributed by atoms with Crippen molar-refractivity contribution in [1.29, 1.82) is 0 Å². The zero-order valence-corrected chi connectivity index (χ0v) is 11.6. The number of rotatable bonds is 5. The van der Waals surface area contributed by atoms with E-state index in [1.54, 1.807) is 13.8 Å². The van der Waals surface area contributed by atoms with Crippen molar-refractivity contribution in [3.8, 4) is 5.75 Å². The number of halogens is 3. The molecule has 0 heterocycles. The highest BCUT2D eigenvalue weighted by atomic mass is 32.1. The van der Waals surface area contributed by atoms with Crippen molar-refractivity contribution >= 4 is 17.2 Å². The van der Waals surface area contributed by atoms with Crippen molar-refractivity contribution in [2.75, 3.05) is 6.61 Å². The third-order valence-electron chi connectivity index (χ3n) is 2.70.